The van der Waals surface area contributed by atoms with Crippen molar-refractivity contribution in [2.24, 2.45) is 12.8 Å². The van der Waals surface area contributed by atoms with Gasteiger partial charge in [-0.05, 0) is 30.5 Å². The largest absolute Gasteiger partial charge is 0.441 e. The number of rotatable bonds is 3. The molecule has 0 radical (unpaired) electrons. The summed E-state index contributed by atoms with van der Waals surface area (Å²) in [6.45, 7) is 0. The van der Waals surface area contributed by atoms with Crippen molar-refractivity contribution in [2.75, 3.05) is 5.32 Å². The SMILES string of the molecule is Cn1cc2c(c1C(=O)Nc1ccnc(Cl)c1)CCC2OC(N)=O. The number of primary amides is 1. The summed E-state index contributed by atoms with van der Waals surface area (Å²) in [5.41, 5.74) is 7.87. The van der Waals surface area contributed by atoms with Crippen molar-refractivity contribution in [2.45, 2.75) is 18.9 Å². The van der Waals surface area contributed by atoms with E-state index in [0.717, 1.165) is 11.1 Å². The Bertz CT molecular complexity index is 787. The second-order valence-electron chi connectivity index (χ2n) is 5.31. The Hall–Kier alpha value is -2.54. The van der Waals surface area contributed by atoms with Gasteiger partial charge in [-0.25, -0.2) is 9.78 Å². The first kappa shape index (κ1) is 15.4. The summed E-state index contributed by atoms with van der Waals surface area (Å²) >= 11 is 5.82. The Kier molecular flexibility index (Phi) is 3.96. The van der Waals surface area contributed by atoms with Gasteiger partial charge in [-0.15, -0.1) is 0 Å². The van der Waals surface area contributed by atoms with E-state index in [2.05, 4.69) is 10.3 Å². The number of nitrogens with one attached hydrogen (secondary N) is 1. The average molecular weight is 335 g/mol. The van der Waals surface area contributed by atoms with Gasteiger partial charge >= 0.3 is 6.09 Å². The van der Waals surface area contributed by atoms with Gasteiger partial charge in [-0.2, -0.15) is 0 Å². The summed E-state index contributed by atoms with van der Waals surface area (Å²) in [6.07, 6.45) is 3.37. The van der Waals surface area contributed by atoms with Crippen molar-refractivity contribution in [1.82, 2.24) is 9.55 Å². The van der Waals surface area contributed by atoms with E-state index in [1.54, 1.807) is 29.9 Å². The van der Waals surface area contributed by atoms with E-state index in [4.69, 9.17) is 22.1 Å². The monoisotopic (exact) mass is 334 g/mol. The standard InChI is InChI=1S/C15H15ClN4O3/c1-20-7-10-9(2-3-11(10)23-15(17)22)13(20)14(21)19-8-4-5-18-12(16)6-8/h4-7,11H,2-3H2,1H3,(H2,17,22)(H,18,19,21). The number of ether oxygens (including phenoxy) is 1. The Morgan fingerprint density at radius 3 is 3.00 bits per heavy atom. The molecule has 2 heterocycles. The zero-order chi connectivity index (χ0) is 16.6. The number of pyridine rings is 1. The van der Waals surface area contributed by atoms with E-state index >= 15 is 0 Å². The molecule has 23 heavy (non-hydrogen) atoms. The molecule has 0 saturated heterocycles. The third-order valence-electron chi connectivity index (χ3n) is 3.78. The first-order chi connectivity index (χ1) is 11.0. The van der Waals surface area contributed by atoms with E-state index in [9.17, 15) is 9.59 Å². The van der Waals surface area contributed by atoms with Crippen LogP contribution >= 0.6 is 11.6 Å². The molecule has 3 rings (SSSR count). The predicted octanol–water partition coefficient (Wildman–Crippen LogP) is 2.41. The van der Waals surface area contributed by atoms with Crippen LogP contribution in [-0.4, -0.2) is 21.6 Å². The van der Waals surface area contributed by atoms with Crippen LogP contribution in [0, 0.1) is 0 Å². The lowest BCUT2D eigenvalue weighted by atomic mass is 10.1. The Labute approximate surface area is 137 Å². The number of nitrogens with two attached hydrogens (primary N) is 1. The van der Waals surface area contributed by atoms with E-state index in [1.165, 1.54) is 6.20 Å². The van der Waals surface area contributed by atoms with E-state index in [0.29, 0.717) is 29.4 Å². The summed E-state index contributed by atoms with van der Waals surface area (Å²) < 4.78 is 6.81. The van der Waals surface area contributed by atoms with E-state index in [-0.39, 0.29) is 5.91 Å². The van der Waals surface area contributed by atoms with Crippen molar-refractivity contribution in [3.05, 3.63) is 46.5 Å². The van der Waals surface area contributed by atoms with Gasteiger partial charge in [0.2, 0.25) is 0 Å². The summed E-state index contributed by atoms with van der Waals surface area (Å²) in [5, 5.41) is 3.10. The average Bonchev–Trinajstić information content (AvgIpc) is 2.97. The molecule has 2 aromatic rings. The van der Waals surface area contributed by atoms with Crippen molar-refractivity contribution >= 4 is 29.3 Å². The van der Waals surface area contributed by atoms with Crippen molar-refractivity contribution in [1.29, 1.82) is 0 Å². The summed E-state index contributed by atoms with van der Waals surface area (Å²) in [5.74, 6) is -0.254. The van der Waals surface area contributed by atoms with Gasteiger partial charge in [-0.1, -0.05) is 11.6 Å². The number of amides is 2. The van der Waals surface area contributed by atoms with Gasteiger partial charge in [-0.3, -0.25) is 4.79 Å². The van der Waals surface area contributed by atoms with Crippen molar-refractivity contribution < 1.29 is 14.3 Å². The molecule has 2 aromatic heterocycles. The fourth-order valence-electron chi connectivity index (χ4n) is 2.90. The molecule has 2 amide bonds. The summed E-state index contributed by atoms with van der Waals surface area (Å²) in [7, 11) is 1.77. The van der Waals surface area contributed by atoms with E-state index in [1.807, 2.05) is 0 Å². The molecule has 1 atom stereocenters. The van der Waals surface area contributed by atoms with Crippen LogP contribution in [0.3, 0.4) is 0 Å². The quantitative estimate of drug-likeness (QED) is 0.842. The Morgan fingerprint density at radius 2 is 2.30 bits per heavy atom. The zero-order valence-electron chi connectivity index (χ0n) is 12.4. The molecule has 0 spiro atoms. The van der Waals surface area contributed by atoms with E-state index < -0.39 is 12.2 Å². The number of aryl methyl sites for hydroxylation is 1. The number of halogens is 1. The van der Waals surface area contributed by atoms with Crippen LogP contribution in [0.25, 0.3) is 0 Å². The molecule has 8 heteroatoms. The molecule has 0 fully saturated rings. The summed E-state index contributed by atoms with van der Waals surface area (Å²) in [6, 6.07) is 3.23. The Balaban J connectivity index is 1.86. The van der Waals surface area contributed by atoms with Crippen LogP contribution in [0.4, 0.5) is 10.5 Å². The highest BCUT2D eigenvalue weighted by Crippen LogP contribution is 2.37. The molecular formula is C15H15ClN4O3. The number of hydrogen-bond donors (Lipinski definition) is 2. The first-order valence-electron chi connectivity index (χ1n) is 7.03. The highest BCUT2D eigenvalue weighted by Gasteiger charge is 2.32. The Morgan fingerprint density at radius 1 is 1.52 bits per heavy atom. The molecule has 7 nitrogen and oxygen atoms in total. The lowest BCUT2D eigenvalue weighted by Crippen LogP contribution is -2.17. The van der Waals surface area contributed by atoms with Gasteiger partial charge in [0, 0.05) is 30.7 Å². The molecule has 0 saturated carbocycles. The summed E-state index contributed by atoms with van der Waals surface area (Å²) in [4.78, 5) is 27.4. The van der Waals surface area contributed by atoms with Crippen LogP contribution in [0.15, 0.2) is 24.5 Å². The normalized spacial score (nSPS) is 16.0. The molecule has 0 aliphatic heterocycles. The minimum atomic E-state index is -0.816. The molecule has 3 N–H and O–H groups in total. The number of nitrogens with zero attached hydrogens (tertiary/aromatic N) is 2. The van der Waals surface area contributed by atoms with Gasteiger partial charge in [0.1, 0.15) is 17.0 Å². The van der Waals surface area contributed by atoms with Crippen molar-refractivity contribution in [3.8, 4) is 0 Å². The number of carbonyl (C=O) groups is 2. The second-order valence-corrected chi connectivity index (χ2v) is 5.70. The lowest BCUT2D eigenvalue weighted by Gasteiger charge is -2.09. The maximum atomic E-state index is 12.6. The lowest BCUT2D eigenvalue weighted by molar-refractivity contribution is 0.101. The molecule has 1 aliphatic carbocycles. The van der Waals surface area contributed by atoms with Crippen molar-refractivity contribution in [3.63, 3.8) is 0 Å². The maximum Gasteiger partial charge on any atom is 0.405 e. The second kappa shape index (κ2) is 5.92. The number of fused-ring (bicyclic) bond motifs is 1. The maximum absolute atomic E-state index is 12.6. The van der Waals surface area contributed by atoms with Crippen LogP contribution < -0.4 is 11.1 Å². The molecule has 1 unspecified atom stereocenters. The molecule has 1 aliphatic rings. The minimum absolute atomic E-state index is 0.254. The number of anilines is 1. The van der Waals surface area contributed by atoms with Gasteiger partial charge < -0.3 is 20.4 Å². The third-order valence-corrected chi connectivity index (χ3v) is 3.99. The minimum Gasteiger partial charge on any atom is -0.441 e. The number of carbonyl (C=O) groups excluding carboxylic acids is 2. The zero-order valence-corrected chi connectivity index (χ0v) is 13.1. The number of hydrogen-bond acceptors (Lipinski definition) is 4. The van der Waals surface area contributed by atoms with Gasteiger partial charge in [0.25, 0.3) is 5.91 Å². The molecule has 0 bridgehead atoms. The molecule has 0 aromatic carbocycles. The van der Waals surface area contributed by atoms with Crippen LogP contribution in [0.1, 0.15) is 34.1 Å². The fourth-order valence-corrected chi connectivity index (χ4v) is 3.08. The molecule has 120 valence electrons. The van der Waals surface area contributed by atoms with Gasteiger partial charge in [0.05, 0.1) is 0 Å². The topological polar surface area (TPSA) is 99.2 Å². The van der Waals surface area contributed by atoms with Crippen LogP contribution in [0.2, 0.25) is 5.15 Å². The molecular weight excluding hydrogens is 320 g/mol. The highest BCUT2D eigenvalue weighted by atomic mass is 35.5. The smallest absolute Gasteiger partial charge is 0.405 e. The number of aromatic nitrogens is 2. The van der Waals surface area contributed by atoms with Crippen LogP contribution in [0.5, 0.6) is 0 Å². The highest BCUT2D eigenvalue weighted by molar-refractivity contribution is 6.29. The predicted molar refractivity (Wildman–Crippen MR) is 84.3 cm³/mol. The fraction of sp³-hybridized carbons (Fsp3) is 0.267. The van der Waals surface area contributed by atoms with Crippen LogP contribution in [-0.2, 0) is 18.2 Å². The first-order valence-corrected chi connectivity index (χ1v) is 7.40. The third kappa shape index (κ3) is 3.00. The van der Waals surface area contributed by atoms with Gasteiger partial charge in [0.15, 0.2) is 0 Å².